The van der Waals surface area contributed by atoms with Gasteiger partial charge in [-0.25, -0.2) is 8.42 Å². The van der Waals surface area contributed by atoms with Crippen molar-refractivity contribution in [3.05, 3.63) is 52.8 Å². The molecule has 1 aromatic carbocycles. The first-order chi connectivity index (χ1) is 13.4. The number of carbonyl (C=O) groups is 2. The zero-order valence-corrected chi connectivity index (χ0v) is 16.6. The number of benzene rings is 1. The molecule has 0 atom stereocenters. The van der Waals surface area contributed by atoms with Crippen LogP contribution in [-0.2, 0) is 22.9 Å². The van der Waals surface area contributed by atoms with Gasteiger partial charge in [-0.15, -0.1) is 0 Å². The number of nitrogens with zero attached hydrogens (tertiary/aromatic N) is 2. The number of aryl methyl sites for hydroxylation is 2. The number of rotatable bonds is 4. The van der Waals surface area contributed by atoms with Crippen LogP contribution in [0.15, 0.2) is 35.4 Å². The molecule has 148 valence electrons. The fourth-order valence-corrected chi connectivity index (χ4v) is 5.35. The van der Waals surface area contributed by atoms with Crippen LogP contribution in [0.5, 0.6) is 0 Å². The predicted octanol–water partition coefficient (Wildman–Crippen LogP) is 1.85. The molecule has 2 aromatic rings. The minimum Gasteiger partial charge on any atom is -0.356 e. The first kappa shape index (κ1) is 18.9. The lowest BCUT2D eigenvalue weighted by Gasteiger charge is -2.33. The Morgan fingerprint density at radius 1 is 1.00 bits per heavy atom. The van der Waals surface area contributed by atoms with Crippen molar-refractivity contribution < 1.29 is 18.0 Å². The molecule has 28 heavy (non-hydrogen) atoms. The molecule has 0 radical (unpaired) electrons. The molecular formula is C20H23N3O4S. The molecule has 0 saturated carbocycles. The number of hydrogen-bond acceptors (Lipinski definition) is 4. The number of amides is 1. The Balaban J connectivity index is 1.44. The topological polar surface area (TPSA) is 90.6 Å². The van der Waals surface area contributed by atoms with Crippen LogP contribution in [0.4, 0.5) is 0 Å². The lowest BCUT2D eigenvalue weighted by molar-refractivity contribution is 0.0692. The second kappa shape index (κ2) is 7.18. The number of sulfonamides is 1. The van der Waals surface area contributed by atoms with Gasteiger partial charge >= 0.3 is 0 Å². The van der Waals surface area contributed by atoms with E-state index in [1.807, 2.05) is 6.07 Å². The average Bonchev–Trinajstić information content (AvgIpc) is 3.36. The molecule has 0 spiro atoms. The number of hydrogen-bond donors (Lipinski definition) is 1. The van der Waals surface area contributed by atoms with E-state index in [0.717, 1.165) is 24.8 Å². The fraction of sp³-hybridized carbons (Fsp3) is 0.400. The highest BCUT2D eigenvalue weighted by Crippen LogP contribution is 2.27. The van der Waals surface area contributed by atoms with Crippen molar-refractivity contribution >= 4 is 21.7 Å². The SMILES string of the molecule is CC(=O)c1c[nH]c(C(=O)N2CCN(S(=O)(=O)c3ccc4c(c3)CCC4)CC2)c1. The summed E-state index contributed by atoms with van der Waals surface area (Å²) in [6, 6.07) is 6.96. The van der Waals surface area contributed by atoms with E-state index in [0.29, 0.717) is 29.2 Å². The summed E-state index contributed by atoms with van der Waals surface area (Å²) in [6.07, 6.45) is 4.54. The summed E-state index contributed by atoms with van der Waals surface area (Å²) in [7, 11) is -3.56. The van der Waals surface area contributed by atoms with Crippen LogP contribution in [0, 0.1) is 0 Å². The Kier molecular flexibility index (Phi) is 4.84. The fourth-order valence-electron chi connectivity index (χ4n) is 3.88. The number of carbonyl (C=O) groups excluding carboxylic acids is 2. The van der Waals surface area contributed by atoms with Crippen LogP contribution in [0.3, 0.4) is 0 Å². The Morgan fingerprint density at radius 2 is 1.71 bits per heavy atom. The van der Waals surface area contributed by atoms with Gasteiger partial charge in [0.15, 0.2) is 5.78 Å². The number of piperazine rings is 1. The van der Waals surface area contributed by atoms with Gasteiger partial charge in [0.2, 0.25) is 10.0 Å². The van der Waals surface area contributed by atoms with E-state index in [-0.39, 0.29) is 24.8 Å². The quantitative estimate of drug-likeness (QED) is 0.792. The van der Waals surface area contributed by atoms with E-state index in [4.69, 9.17) is 0 Å². The molecule has 1 amide bonds. The summed E-state index contributed by atoms with van der Waals surface area (Å²) >= 11 is 0. The third kappa shape index (κ3) is 3.38. The van der Waals surface area contributed by atoms with Gasteiger partial charge in [-0.05, 0) is 55.5 Å². The summed E-state index contributed by atoms with van der Waals surface area (Å²) in [5, 5.41) is 0. The lowest BCUT2D eigenvalue weighted by Crippen LogP contribution is -2.50. The summed E-state index contributed by atoms with van der Waals surface area (Å²) in [6.45, 7) is 2.59. The molecule has 4 rings (SSSR count). The molecular weight excluding hydrogens is 378 g/mol. The number of H-pyrrole nitrogens is 1. The number of fused-ring (bicyclic) bond motifs is 1. The van der Waals surface area contributed by atoms with E-state index in [2.05, 4.69) is 4.98 Å². The van der Waals surface area contributed by atoms with Gasteiger partial charge in [0.1, 0.15) is 5.69 Å². The number of aromatic nitrogens is 1. The smallest absolute Gasteiger partial charge is 0.270 e. The zero-order valence-electron chi connectivity index (χ0n) is 15.8. The van der Waals surface area contributed by atoms with Gasteiger partial charge in [0, 0.05) is 37.9 Å². The highest BCUT2D eigenvalue weighted by molar-refractivity contribution is 7.89. The molecule has 0 bridgehead atoms. The van der Waals surface area contributed by atoms with Gasteiger partial charge < -0.3 is 9.88 Å². The van der Waals surface area contributed by atoms with Crippen molar-refractivity contribution in [2.45, 2.75) is 31.1 Å². The van der Waals surface area contributed by atoms with Crippen molar-refractivity contribution in [1.82, 2.24) is 14.2 Å². The molecule has 2 aliphatic rings. The van der Waals surface area contributed by atoms with E-state index in [1.165, 1.54) is 23.0 Å². The third-order valence-corrected chi connectivity index (χ3v) is 7.45. The first-order valence-corrected chi connectivity index (χ1v) is 10.9. The average molecular weight is 401 g/mol. The van der Waals surface area contributed by atoms with Gasteiger partial charge in [0.05, 0.1) is 4.90 Å². The van der Waals surface area contributed by atoms with Crippen molar-refractivity contribution in [3.8, 4) is 0 Å². The maximum absolute atomic E-state index is 13.0. The summed E-state index contributed by atoms with van der Waals surface area (Å²) < 4.78 is 27.4. The van der Waals surface area contributed by atoms with Gasteiger partial charge in [-0.2, -0.15) is 4.31 Å². The Labute approximate surface area is 164 Å². The Hall–Kier alpha value is -2.45. The molecule has 1 N–H and O–H groups in total. The van der Waals surface area contributed by atoms with Crippen LogP contribution in [-0.4, -0.2) is 60.5 Å². The first-order valence-electron chi connectivity index (χ1n) is 9.47. The maximum Gasteiger partial charge on any atom is 0.270 e. The van der Waals surface area contributed by atoms with Crippen LogP contribution in [0.1, 0.15) is 45.3 Å². The minimum atomic E-state index is -3.56. The van der Waals surface area contributed by atoms with Gasteiger partial charge in [0.25, 0.3) is 5.91 Å². The second-order valence-electron chi connectivity index (χ2n) is 7.34. The summed E-state index contributed by atoms with van der Waals surface area (Å²) in [5.74, 6) is -0.331. The van der Waals surface area contributed by atoms with E-state index < -0.39 is 10.0 Å². The van der Waals surface area contributed by atoms with Crippen molar-refractivity contribution in [2.24, 2.45) is 0 Å². The second-order valence-corrected chi connectivity index (χ2v) is 9.28. The highest BCUT2D eigenvalue weighted by Gasteiger charge is 2.31. The third-order valence-electron chi connectivity index (χ3n) is 5.55. The largest absolute Gasteiger partial charge is 0.356 e. The van der Waals surface area contributed by atoms with Crippen LogP contribution in [0.2, 0.25) is 0 Å². The van der Waals surface area contributed by atoms with E-state index in [9.17, 15) is 18.0 Å². The molecule has 1 aromatic heterocycles. The lowest BCUT2D eigenvalue weighted by atomic mass is 10.1. The van der Waals surface area contributed by atoms with Crippen LogP contribution in [0.25, 0.3) is 0 Å². The monoisotopic (exact) mass is 401 g/mol. The Morgan fingerprint density at radius 3 is 2.39 bits per heavy atom. The Bertz CT molecular complexity index is 1030. The van der Waals surface area contributed by atoms with Crippen LogP contribution < -0.4 is 0 Å². The van der Waals surface area contributed by atoms with Crippen molar-refractivity contribution in [3.63, 3.8) is 0 Å². The molecule has 0 unspecified atom stereocenters. The van der Waals surface area contributed by atoms with Gasteiger partial charge in [-0.3, -0.25) is 9.59 Å². The molecule has 8 heteroatoms. The number of aromatic amines is 1. The highest BCUT2D eigenvalue weighted by atomic mass is 32.2. The van der Waals surface area contributed by atoms with E-state index >= 15 is 0 Å². The molecule has 2 heterocycles. The minimum absolute atomic E-state index is 0.111. The number of nitrogens with one attached hydrogen (secondary N) is 1. The predicted molar refractivity (Wildman–Crippen MR) is 104 cm³/mol. The molecule has 1 aliphatic carbocycles. The van der Waals surface area contributed by atoms with Gasteiger partial charge in [-0.1, -0.05) is 6.07 Å². The summed E-state index contributed by atoms with van der Waals surface area (Å²) in [4.78, 5) is 28.8. The van der Waals surface area contributed by atoms with E-state index in [1.54, 1.807) is 23.1 Å². The maximum atomic E-state index is 13.0. The molecule has 7 nitrogen and oxygen atoms in total. The van der Waals surface area contributed by atoms with Crippen molar-refractivity contribution in [1.29, 1.82) is 0 Å². The number of Topliss-reactive ketones (excluding diaryl/α,β-unsaturated/α-hetero) is 1. The molecule has 1 aliphatic heterocycles. The zero-order chi connectivity index (χ0) is 19.9. The number of ketones is 1. The summed E-state index contributed by atoms with van der Waals surface area (Å²) in [5.41, 5.74) is 3.18. The van der Waals surface area contributed by atoms with Crippen LogP contribution >= 0.6 is 0 Å². The molecule has 1 fully saturated rings. The molecule has 1 saturated heterocycles. The standard InChI is InChI=1S/C20H23N3O4S/c1-14(24)17-12-19(21-13-17)20(25)22-7-9-23(10-8-22)28(26,27)18-6-5-15-3-2-4-16(15)11-18/h5-6,11-13,21H,2-4,7-10H2,1H3. The normalized spacial score (nSPS) is 17.5. The van der Waals surface area contributed by atoms with Crippen molar-refractivity contribution in [2.75, 3.05) is 26.2 Å².